The first kappa shape index (κ1) is 18.5. The standard InChI is InChI=1S/C20H19ClFNO3/c1-13-4-2-3-5-17(13)23-9-8-20(26,19(23)25)18(24)7-6-14-10-15(21)12-16(22)11-14/h2-5,10-12,26H,6-9H2,1H3/t20-/m0/s1. The number of Topliss-reactive ketones (excluding diaryl/α,β-unsaturated/α-hetero) is 1. The number of hydrogen-bond acceptors (Lipinski definition) is 3. The molecule has 0 radical (unpaired) electrons. The van der Waals surface area contributed by atoms with Crippen LogP contribution < -0.4 is 4.90 Å². The van der Waals surface area contributed by atoms with Gasteiger partial charge in [-0.1, -0.05) is 29.8 Å². The van der Waals surface area contributed by atoms with E-state index in [1.54, 1.807) is 12.1 Å². The minimum absolute atomic E-state index is 0.0446. The average molecular weight is 376 g/mol. The molecular formula is C20H19ClFNO3. The van der Waals surface area contributed by atoms with Crippen molar-refractivity contribution in [3.8, 4) is 0 Å². The van der Waals surface area contributed by atoms with Crippen molar-refractivity contribution in [1.29, 1.82) is 0 Å². The summed E-state index contributed by atoms with van der Waals surface area (Å²) < 4.78 is 13.4. The van der Waals surface area contributed by atoms with Crippen LogP contribution in [0.4, 0.5) is 10.1 Å². The minimum atomic E-state index is -2.03. The maximum absolute atomic E-state index is 13.4. The third-order valence-corrected chi connectivity index (χ3v) is 4.95. The van der Waals surface area contributed by atoms with Crippen molar-refractivity contribution in [1.82, 2.24) is 0 Å². The van der Waals surface area contributed by atoms with E-state index in [0.717, 1.165) is 5.56 Å². The molecule has 2 aromatic rings. The van der Waals surface area contributed by atoms with Gasteiger partial charge in [-0.15, -0.1) is 0 Å². The number of nitrogens with zero attached hydrogens (tertiary/aromatic N) is 1. The number of carbonyl (C=O) groups excluding carboxylic acids is 2. The van der Waals surface area contributed by atoms with Gasteiger partial charge in [0.05, 0.1) is 0 Å². The van der Waals surface area contributed by atoms with Crippen LogP contribution in [0.15, 0.2) is 42.5 Å². The molecule has 3 rings (SSSR count). The van der Waals surface area contributed by atoms with Gasteiger partial charge in [0, 0.05) is 30.1 Å². The quantitative estimate of drug-likeness (QED) is 0.814. The summed E-state index contributed by atoms with van der Waals surface area (Å²) in [6.07, 6.45) is 0.183. The van der Waals surface area contributed by atoms with Crippen LogP contribution in [0.2, 0.25) is 5.02 Å². The smallest absolute Gasteiger partial charge is 0.266 e. The van der Waals surface area contributed by atoms with Gasteiger partial charge in [0.25, 0.3) is 5.91 Å². The number of benzene rings is 2. The Kier molecular flexibility index (Phi) is 5.12. The Morgan fingerprint density at radius 2 is 2.04 bits per heavy atom. The van der Waals surface area contributed by atoms with Crippen molar-refractivity contribution in [2.24, 2.45) is 0 Å². The Labute approximate surface area is 156 Å². The monoisotopic (exact) mass is 375 g/mol. The van der Waals surface area contributed by atoms with Crippen LogP contribution >= 0.6 is 11.6 Å². The SMILES string of the molecule is Cc1ccccc1N1CC[C@](O)(C(=O)CCc2cc(F)cc(Cl)c2)C1=O. The minimum Gasteiger partial charge on any atom is -0.373 e. The Balaban J connectivity index is 1.73. The van der Waals surface area contributed by atoms with Gasteiger partial charge < -0.3 is 10.0 Å². The number of ketones is 1. The molecule has 0 aliphatic carbocycles. The fourth-order valence-corrected chi connectivity index (χ4v) is 3.52. The van der Waals surface area contributed by atoms with Gasteiger partial charge in [-0.25, -0.2) is 4.39 Å². The van der Waals surface area contributed by atoms with Crippen molar-refractivity contribution in [3.63, 3.8) is 0 Å². The number of amides is 1. The molecule has 0 saturated carbocycles. The lowest BCUT2D eigenvalue weighted by molar-refractivity contribution is -0.147. The van der Waals surface area contributed by atoms with Crippen LogP contribution in [0.3, 0.4) is 0 Å². The van der Waals surface area contributed by atoms with E-state index in [4.69, 9.17) is 11.6 Å². The summed E-state index contributed by atoms with van der Waals surface area (Å²) in [5.41, 5.74) is 0.109. The molecule has 1 saturated heterocycles. The lowest BCUT2D eigenvalue weighted by atomic mass is 9.92. The Morgan fingerprint density at radius 3 is 2.73 bits per heavy atom. The average Bonchev–Trinajstić information content (AvgIpc) is 2.89. The van der Waals surface area contributed by atoms with Gasteiger partial charge in [0.15, 0.2) is 5.78 Å². The Hall–Kier alpha value is -2.24. The highest BCUT2D eigenvalue weighted by Crippen LogP contribution is 2.32. The summed E-state index contributed by atoms with van der Waals surface area (Å²) in [5, 5.41) is 10.9. The second-order valence-electron chi connectivity index (χ2n) is 6.55. The molecule has 1 fully saturated rings. The molecule has 0 unspecified atom stereocenters. The van der Waals surface area contributed by atoms with E-state index < -0.39 is 23.1 Å². The molecule has 136 valence electrons. The van der Waals surface area contributed by atoms with E-state index in [9.17, 15) is 19.1 Å². The van der Waals surface area contributed by atoms with E-state index in [2.05, 4.69) is 0 Å². The molecule has 1 aliphatic heterocycles. The molecular weight excluding hydrogens is 357 g/mol. The van der Waals surface area contributed by atoms with Crippen LogP contribution in [0.5, 0.6) is 0 Å². The highest BCUT2D eigenvalue weighted by molar-refractivity contribution is 6.30. The maximum Gasteiger partial charge on any atom is 0.266 e. The van der Waals surface area contributed by atoms with Crippen LogP contribution in [0, 0.1) is 12.7 Å². The molecule has 4 nitrogen and oxygen atoms in total. The number of para-hydroxylation sites is 1. The lowest BCUT2D eigenvalue weighted by Crippen LogP contribution is -2.47. The second-order valence-corrected chi connectivity index (χ2v) is 6.99. The summed E-state index contributed by atoms with van der Waals surface area (Å²) in [5.74, 6) is -1.64. The molecule has 0 spiro atoms. The number of anilines is 1. The molecule has 1 heterocycles. The molecule has 0 aromatic heterocycles. The number of carbonyl (C=O) groups is 2. The predicted molar refractivity (Wildman–Crippen MR) is 97.8 cm³/mol. The number of aryl methyl sites for hydroxylation is 2. The molecule has 1 aliphatic rings. The fourth-order valence-electron chi connectivity index (χ4n) is 3.28. The van der Waals surface area contributed by atoms with Crippen molar-refractivity contribution < 1.29 is 19.1 Å². The molecule has 26 heavy (non-hydrogen) atoms. The zero-order chi connectivity index (χ0) is 18.9. The van der Waals surface area contributed by atoms with Gasteiger partial charge >= 0.3 is 0 Å². The largest absolute Gasteiger partial charge is 0.373 e. The number of aliphatic hydroxyl groups is 1. The number of hydrogen-bond donors (Lipinski definition) is 1. The maximum atomic E-state index is 13.4. The van der Waals surface area contributed by atoms with Crippen molar-refractivity contribution in [2.75, 3.05) is 11.4 Å². The zero-order valence-electron chi connectivity index (χ0n) is 14.3. The summed E-state index contributed by atoms with van der Waals surface area (Å²) in [4.78, 5) is 26.7. The van der Waals surface area contributed by atoms with Gasteiger partial charge in [-0.05, 0) is 48.7 Å². The highest BCUT2D eigenvalue weighted by Gasteiger charge is 2.50. The fraction of sp³-hybridized carbons (Fsp3) is 0.300. The van der Waals surface area contributed by atoms with Crippen LogP contribution in [-0.2, 0) is 16.0 Å². The summed E-state index contributed by atoms with van der Waals surface area (Å²) >= 11 is 5.81. The normalized spacial score (nSPS) is 19.8. The first-order valence-electron chi connectivity index (χ1n) is 8.39. The third kappa shape index (κ3) is 3.50. The van der Waals surface area contributed by atoms with E-state index in [1.165, 1.54) is 17.0 Å². The van der Waals surface area contributed by atoms with E-state index in [1.807, 2.05) is 25.1 Å². The zero-order valence-corrected chi connectivity index (χ0v) is 15.1. The summed E-state index contributed by atoms with van der Waals surface area (Å²) in [6.45, 7) is 2.15. The van der Waals surface area contributed by atoms with Crippen molar-refractivity contribution in [3.05, 3.63) is 64.4 Å². The molecule has 0 bridgehead atoms. The van der Waals surface area contributed by atoms with Gasteiger partial charge in [0.2, 0.25) is 5.60 Å². The van der Waals surface area contributed by atoms with E-state index in [-0.39, 0.29) is 30.8 Å². The van der Waals surface area contributed by atoms with Gasteiger partial charge in [0.1, 0.15) is 5.82 Å². The Morgan fingerprint density at radius 1 is 1.31 bits per heavy atom. The van der Waals surface area contributed by atoms with Crippen LogP contribution in [0.25, 0.3) is 0 Å². The predicted octanol–water partition coefficient (Wildman–Crippen LogP) is 3.46. The second kappa shape index (κ2) is 7.17. The topological polar surface area (TPSA) is 57.6 Å². The molecule has 2 aromatic carbocycles. The number of halogens is 2. The van der Waals surface area contributed by atoms with Crippen molar-refractivity contribution >= 4 is 29.0 Å². The Bertz CT molecular complexity index is 850. The lowest BCUT2D eigenvalue weighted by Gasteiger charge is -2.22. The molecule has 6 heteroatoms. The van der Waals surface area contributed by atoms with Gasteiger partial charge in [-0.3, -0.25) is 9.59 Å². The van der Waals surface area contributed by atoms with Crippen LogP contribution in [0.1, 0.15) is 24.0 Å². The molecule has 1 amide bonds. The van der Waals surface area contributed by atoms with Crippen molar-refractivity contribution in [2.45, 2.75) is 31.8 Å². The highest BCUT2D eigenvalue weighted by atomic mass is 35.5. The third-order valence-electron chi connectivity index (χ3n) is 4.73. The molecule has 1 atom stereocenters. The van der Waals surface area contributed by atoms with Gasteiger partial charge in [-0.2, -0.15) is 0 Å². The van der Waals surface area contributed by atoms with E-state index >= 15 is 0 Å². The first-order chi connectivity index (χ1) is 12.3. The summed E-state index contributed by atoms with van der Waals surface area (Å²) in [7, 11) is 0. The number of rotatable bonds is 5. The summed E-state index contributed by atoms with van der Waals surface area (Å²) in [6, 6.07) is 11.4. The first-order valence-corrected chi connectivity index (χ1v) is 8.77. The molecule has 1 N–H and O–H groups in total. The van der Waals surface area contributed by atoms with Crippen LogP contribution in [-0.4, -0.2) is 28.9 Å². The van der Waals surface area contributed by atoms with E-state index in [0.29, 0.717) is 11.3 Å².